The van der Waals surface area contributed by atoms with Crippen LogP contribution in [0.5, 0.6) is 0 Å². The highest BCUT2D eigenvalue weighted by Crippen LogP contribution is 2.27. The van der Waals surface area contributed by atoms with Crippen molar-refractivity contribution in [2.24, 2.45) is 0 Å². The van der Waals surface area contributed by atoms with E-state index < -0.39 is 10.0 Å². The summed E-state index contributed by atoms with van der Waals surface area (Å²) in [7, 11) is 0.738. The Bertz CT molecular complexity index is 450. The normalized spacial score (nSPS) is 22.1. The van der Waals surface area contributed by atoms with Gasteiger partial charge in [0.25, 0.3) is 0 Å². The van der Waals surface area contributed by atoms with Gasteiger partial charge in [0.1, 0.15) is 0 Å². The van der Waals surface area contributed by atoms with Gasteiger partial charge in [-0.15, -0.1) is 0 Å². The third-order valence-corrected chi connectivity index (χ3v) is 6.85. The number of carbonyl (C=O) groups excluding carboxylic acids is 1. The lowest BCUT2D eigenvalue weighted by atomic mass is 10.3. The number of hydrogen-bond donors (Lipinski definition) is 0. The summed E-state index contributed by atoms with van der Waals surface area (Å²) in [5.41, 5.74) is 0. The van der Waals surface area contributed by atoms with Gasteiger partial charge in [-0.2, -0.15) is 4.31 Å². The maximum atomic E-state index is 12.5. The van der Waals surface area contributed by atoms with E-state index in [1.807, 2.05) is 19.0 Å². The van der Waals surface area contributed by atoms with Gasteiger partial charge in [0.2, 0.25) is 15.9 Å². The zero-order valence-electron chi connectivity index (χ0n) is 13.1. The van der Waals surface area contributed by atoms with E-state index in [0.717, 1.165) is 32.2 Å². The second-order valence-corrected chi connectivity index (χ2v) is 8.50. The first-order chi connectivity index (χ1) is 9.91. The monoisotopic (exact) mass is 317 g/mol. The van der Waals surface area contributed by atoms with Gasteiger partial charge in [-0.3, -0.25) is 4.79 Å². The van der Waals surface area contributed by atoms with Crippen molar-refractivity contribution in [1.29, 1.82) is 0 Å². The molecule has 0 aromatic heterocycles. The molecule has 2 rings (SSSR count). The van der Waals surface area contributed by atoms with E-state index in [4.69, 9.17) is 0 Å². The fourth-order valence-electron chi connectivity index (χ4n) is 3.07. The molecule has 0 aromatic carbocycles. The van der Waals surface area contributed by atoms with Gasteiger partial charge < -0.3 is 9.80 Å². The average Bonchev–Trinajstić information content (AvgIpc) is 2.99. The first-order valence-corrected chi connectivity index (χ1v) is 9.33. The van der Waals surface area contributed by atoms with Crippen molar-refractivity contribution in [3.63, 3.8) is 0 Å². The molecule has 21 heavy (non-hydrogen) atoms. The maximum absolute atomic E-state index is 12.5. The third-order valence-electron chi connectivity index (χ3n) is 4.45. The van der Waals surface area contributed by atoms with Crippen LogP contribution in [0.3, 0.4) is 0 Å². The van der Waals surface area contributed by atoms with E-state index in [9.17, 15) is 13.2 Å². The molecule has 0 bridgehead atoms. The molecule has 1 heterocycles. The Labute approximate surface area is 128 Å². The molecule has 0 unspecified atom stereocenters. The van der Waals surface area contributed by atoms with Crippen molar-refractivity contribution in [1.82, 2.24) is 14.1 Å². The molecular formula is C14H27N3O3S. The van der Waals surface area contributed by atoms with E-state index in [2.05, 4.69) is 0 Å². The molecule has 1 saturated heterocycles. The lowest BCUT2D eigenvalue weighted by Crippen LogP contribution is -2.52. The molecule has 1 saturated carbocycles. The number of piperazine rings is 1. The van der Waals surface area contributed by atoms with Gasteiger partial charge in [-0.25, -0.2) is 8.42 Å². The van der Waals surface area contributed by atoms with Gasteiger partial charge in [0.05, 0.1) is 5.25 Å². The molecule has 122 valence electrons. The molecule has 0 N–H and O–H groups in total. The Hall–Kier alpha value is -0.660. The maximum Gasteiger partial charge on any atom is 0.223 e. The quantitative estimate of drug-likeness (QED) is 0.734. The van der Waals surface area contributed by atoms with E-state index >= 15 is 0 Å². The van der Waals surface area contributed by atoms with Gasteiger partial charge in [0.15, 0.2) is 0 Å². The van der Waals surface area contributed by atoms with E-state index in [1.54, 1.807) is 9.21 Å². The SMILES string of the molecule is CN(C)CCC(=O)N1CCN(S(=O)(=O)C2CCCC2)CC1. The second-order valence-electron chi connectivity index (χ2n) is 6.28. The minimum atomic E-state index is -3.15. The van der Waals surface area contributed by atoms with Crippen LogP contribution in [-0.4, -0.2) is 80.5 Å². The number of rotatable bonds is 5. The fraction of sp³-hybridized carbons (Fsp3) is 0.929. The number of nitrogens with zero attached hydrogens (tertiary/aromatic N) is 3. The van der Waals surface area contributed by atoms with Gasteiger partial charge >= 0.3 is 0 Å². The van der Waals surface area contributed by atoms with Crippen LogP contribution in [0, 0.1) is 0 Å². The summed E-state index contributed by atoms with van der Waals surface area (Å²) in [6, 6.07) is 0. The molecule has 7 heteroatoms. The molecule has 1 aliphatic carbocycles. The predicted molar refractivity (Wildman–Crippen MR) is 82.5 cm³/mol. The molecule has 6 nitrogen and oxygen atoms in total. The number of sulfonamides is 1. The smallest absolute Gasteiger partial charge is 0.223 e. The molecule has 0 atom stereocenters. The summed E-state index contributed by atoms with van der Waals surface area (Å²) in [6.45, 7) is 2.69. The van der Waals surface area contributed by atoms with Crippen LogP contribution in [-0.2, 0) is 14.8 Å². The third kappa shape index (κ3) is 4.17. The Morgan fingerprint density at radius 1 is 1.10 bits per heavy atom. The topological polar surface area (TPSA) is 60.9 Å². The number of hydrogen-bond acceptors (Lipinski definition) is 4. The van der Waals surface area contributed by atoms with Gasteiger partial charge in [0, 0.05) is 39.1 Å². The van der Waals surface area contributed by atoms with Gasteiger partial charge in [-0.05, 0) is 26.9 Å². The summed E-state index contributed by atoms with van der Waals surface area (Å²) in [5, 5.41) is -0.187. The first-order valence-electron chi connectivity index (χ1n) is 7.82. The standard InChI is InChI=1S/C14H27N3O3S/c1-15(2)8-7-14(18)16-9-11-17(12-10-16)21(19,20)13-5-3-4-6-13/h13H,3-12H2,1-2H3. The molecular weight excluding hydrogens is 290 g/mol. The summed E-state index contributed by atoms with van der Waals surface area (Å²) < 4.78 is 26.6. The Kier molecular flexibility index (Phi) is 5.62. The van der Waals surface area contributed by atoms with Crippen molar-refractivity contribution in [2.45, 2.75) is 37.4 Å². The van der Waals surface area contributed by atoms with Crippen LogP contribution in [0.15, 0.2) is 0 Å². The minimum Gasteiger partial charge on any atom is -0.340 e. The van der Waals surface area contributed by atoms with Crippen molar-refractivity contribution in [3.05, 3.63) is 0 Å². The summed E-state index contributed by atoms with van der Waals surface area (Å²) in [4.78, 5) is 15.8. The molecule has 0 spiro atoms. The molecule has 1 aliphatic heterocycles. The summed E-state index contributed by atoms with van der Waals surface area (Å²) in [5.74, 6) is 0.126. The van der Waals surface area contributed by atoms with E-state index in [1.165, 1.54) is 0 Å². The first kappa shape index (κ1) is 16.7. The number of amides is 1. The Morgan fingerprint density at radius 3 is 2.19 bits per heavy atom. The molecule has 2 aliphatic rings. The Morgan fingerprint density at radius 2 is 1.67 bits per heavy atom. The highest BCUT2D eigenvalue weighted by Gasteiger charge is 2.36. The lowest BCUT2D eigenvalue weighted by Gasteiger charge is -2.35. The minimum absolute atomic E-state index is 0.126. The summed E-state index contributed by atoms with van der Waals surface area (Å²) in [6.07, 6.45) is 4.14. The van der Waals surface area contributed by atoms with Crippen LogP contribution in [0.2, 0.25) is 0 Å². The largest absolute Gasteiger partial charge is 0.340 e. The van der Waals surface area contributed by atoms with Crippen LogP contribution >= 0.6 is 0 Å². The second kappa shape index (κ2) is 7.07. The van der Waals surface area contributed by atoms with Crippen molar-refractivity contribution >= 4 is 15.9 Å². The molecule has 0 aromatic rings. The molecule has 1 amide bonds. The average molecular weight is 317 g/mol. The fourth-order valence-corrected chi connectivity index (χ4v) is 5.09. The van der Waals surface area contributed by atoms with Crippen LogP contribution in [0.4, 0.5) is 0 Å². The van der Waals surface area contributed by atoms with Crippen molar-refractivity contribution < 1.29 is 13.2 Å². The van der Waals surface area contributed by atoms with Gasteiger partial charge in [-0.1, -0.05) is 12.8 Å². The van der Waals surface area contributed by atoms with Crippen LogP contribution in [0.25, 0.3) is 0 Å². The molecule has 0 radical (unpaired) electrons. The van der Waals surface area contributed by atoms with Crippen LogP contribution < -0.4 is 0 Å². The lowest BCUT2D eigenvalue weighted by molar-refractivity contribution is -0.132. The zero-order chi connectivity index (χ0) is 15.5. The zero-order valence-corrected chi connectivity index (χ0v) is 13.9. The highest BCUT2D eigenvalue weighted by atomic mass is 32.2. The highest BCUT2D eigenvalue weighted by molar-refractivity contribution is 7.89. The van der Waals surface area contributed by atoms with Crippen molar-refractivity contribution in [3.8, 4) is 0 Å². The summed E-state index contributed by atoms with van der Waals surface area (Å²) >= 11 is 0. The molecule has 2 fully saturated rings. The van der Waals surface area contributed by atoms with E-state index in [0.29, 0.717) is 32.6 Å². The van der Waals surface area contributed by atoms with E-state index in [-0.39, 0.29) is 11.2 Å². The van der Waals surface area contributed by atoms with Crippen LogP contribution in [0.1, 0.15) is 32.1 Å². The van der Waals surface area contributed by atoms with Crippen molar-refractivity contribution in [2.75, 3.05) is 46.8 Å². The predicted octanol–water partition coefficient (Wildman–Crippen LogP) is 0.355. The number of carbonyl (C=O) groups is 1. The Balaban J connectivity index is 1.84.